The molecule has 3 heterocycles. The molecule has 0 spiro atoms. The van der Waals surface area contributed by atoms with E-state index in [1.807, 2.05) is 0 Å². The van der Waals surface area contributed by atoms with E-state index < -0.39 is 5.97 Å². The van der Waals surface area contributed by atoms with Crippen LogP contribution in [0, 0.1) is 6.92 Å². The van der Waals surface area contributed by atoms with Gasteiger partial charge in [-0.25, -0.2) is 4.98 Å². The first kappa shape index (κ1) is 20.1. The molecule has 0 fully saturated rings. The summed E-state index contributed by atoms with van der Waals surface area (Å²) < 4.78 is 6.93. The van der Waals surface area contributed by atoms with Crippen LogP contribution < -0.4 is 16.0 Å². The summed E-state index contributed by atoms with van der Waals surface area (Å²) in [6.07, 6.45) is 0.823. The minimum atomic E-state index is -1.12. The average molecular weight is 421 g/mol. The Bertz CT molecular complexity index is 1060. The molecular formula is C17H17N4O5S2-. The number of aryl methyl sites for hydroxylation is 1. The number of carbonyl (C=O) groups excluding carboxylic acids is 2. The highest BCUT2D eigenvalue weighted by molar-refractivity contribution is 7.99. The summed E-state index contributed by atoms with van der Waals surface area (Å²) in [6, 6.07) is 3.36. The molecule has 0 atom stereocenters. The standard InChI is InChI=1S/C17H18N4O5S2/c1-10-8-12(20-26-10)19-13(22)9-28-17-18-11-5-7-27-15(11)16(25)21(17)6-3-2-4-14(23)24/h5,7-8H,2-4,6,9H2,1H3,(H,23,24)(H,19,20,22)/p-1. The van der Waals surface area contributed by atoms with Crippen LogP contribution in [0.5, 0.6) is 0 Å². The molecule has 0 aliphatic carbocycles. The lowest BCUT2D eigenvalue weighted by Crippen LogP contribution is -2.24. The molecule has 0 saturated heterocycles. The lowest BCUT2D eigenvalue weighted by atomic mass is 10.2. The van der Waals surface area contributed by atoms with Crippen LogP contribution in [-0.2, 0) is 16.1 Å². The van der Waals surface area contributed by atoms with Crippen molar-refractivity contribution in [2.24, 2.45) is 0 Å². The van der Waals surface area contributed by atoms with Crippen molar-refractivity contribution in [2.45, 2.75) is 37.9 Å². The van der Waals surface area contributed by atoms with Crippen LogP contribution in [0.3, 0.4) is 0 Å². The summed E-state index contributed by atoms with van der Waals surface area (Å²) in [5.41, 5.74) is 0.388. The number of carboxylic acid groups (broad SMARTS) is 1. The number of aliphatic carboxylic acids is 1. The molecule has 28 heavy (non-hydrogen) atoms. The summed E-state index contributed by atoms with van der Waals surface area (Å²) >= 11 is 2.44. The Hall–Kier alpha value is -2.66. The van der Waals surface area contributed by atoms with E-state index in [0.717, 1.165) is 11.8 Å². The van der Waals surface area contributed by atoms with E-state index in [9.17, 15) is 19.5 Å². The Balaban J connectivity index is 1.72. The minimum absolute atomic E-state index is 0.0348. The number of anilines is 1. The number of amides is 1. The fourth-order valence-electron chi connectivity index (χ4n) is 2.50. The molecule has 0 radical (unpaired) electrons. The molecule has 0 saturated carbocycles. The van der Waals surface area contributed by atoms with E-state index in [2.05, 4.69) is 15.5 Å². The predicted molar refractivity (Wildman–Crippen MR) is 103 cm³/mol. The smallest absolute Gasteiger partial charge is 0.272 e. The van der Waals surface area contributed by atoms with Crippen LogP contribution in [0.2, 0.25) is 0 Å². The topological polar surface area (TPSA) is 130 Å². The molecule has 148 valence electrons. The number of fused-ring (bicyclic) bond motifs is 1. The van der Waals surface area contributed by atoms with Gasteiger partial charge in [0.05, 0.1) is 11.3 Å². The van der Waals surface area contributed by atoms with Crippen molar-refractivity contribution in [3.8, 4) is 0 Å². The third kappa shape index (κ3) is 4.98. The summed E-state index contributed by atoms with van der Waals surface area (Å²) in [6.45, 7) is 2.04. The van der Waals surface area contributed by atoms with E-state index in [-0.39, 0.29) is 23.6 Å². The monoisotopic (exact) mass is 421 g/mol. The van der Waals surface area contributed by atoms with Gasteiger partial charge in [-0.05, 0) is 37.6 Å². The second kappa shape index (κ2) is 9.02. The fourth-order valence-corrected chi connectivity index (χ4v) is 4.11. The van der Waals surface area contributed by atoms with E-state index in [0.29, 0.717) is 46.3 Å². The largest absolute Gasteiger partial charge is 0.550 e. The molecule has 3 rings (SSSR count). The quantitative estimate of drug-likeness (QED) is 0.312. The van der Waals surface area contributed by atoms with Gasteiger partial charge in [0.25, 0.3) is 5.56 Å². The molecule has 0 aliphatic rings. The highest BCUT2D eigenvalue weighted by Gasteiger charge is 2.15. The van der Waals surface area contributed by atoms with Gasteiger partial charge in [-0.3, -0.25) is 14.2 Å². The number of hydrogen-bond donors (Lipinski definition) is 1. The summed E-state index contributed by atoms with van der Waals surface area (Å²) in [4.78, 5) is 39.9. The zero-order valence-corrected chi connectivity index (χ0v) is 16.6. The molecule has 0 aromatic carbocycles. The Morgan fingerprint density at radius 2 is 2.21 bits per heavy atom. The van der Waals surface area contributed by atoms with Crippen LogP contribution >= 0.6 is 23.1 Å². The number of carbonyl (C=O) groups is 2. The van der Waals surface area contributed by atoms with E-state index >= 15 is 0 Å². The summed E-state index contributed by atoms with van der Waals surface area (Å²) in [5.74, 6) is -0.482. The first-order chi connectivity index (χ1) is 13.4. The first-order valence-corrected chi connectivity index (χ1v) is 10.3. The molecule has 1 N–H and O–H groups in total. The van der Waals surface area contributed by atoms with Gasteiger partial charge in [0, 0.05) is 18.6 Å². The minimum Gasteiger partial charge on any atom is -0.550 e. The maximum atomic E-state index is 12.7. The Labute approximate surface area is 167 Å². The van der Waals surface area contributed by atoms with Crippen molar-refractivity contribution in [2.75, 3.05) is 11.1 Å². The number of thioether (sulfide) groups is 1. The lowest BCUT2D eigenvalue weighted by Gasteiger charge is -2.12. The van der Waals surface area contributed by atoms with Gasteiger partial charge in [-0.15, -0.1) is 11.3 Å². The summed E-state index contributed by atoms with van der Waals surface area (Å²) in [5, 5.41) is 19.1. The molecule has 9 nitrogen and oxygen atoms in total. The van der Waals surface area contributed by atoms with Crippen molar-refractivity contribution in [1.29, 1.82) is 0 Å². The first-order valence-electron chi connectivity index (χ1n) is 8.48. The van der Waals surface area contributed by atoms with Gasteiger partial charge in [0.15, 0.2) is 11.0 Å². The van der Waals surface area contributed by atoms with Crippen molar-refractivity contribution < 1.29 is 19.2 Å². The van der Waals surface area contributed by atoms with Gasteiger partial charge in [0.1, 0.15) is 10.5 Å². The normalized spacial score (nSPS) is 11.0. The zero-order chi connectivity index (χ0) is 20.1. The van der Waals surface area contributed by atoms with E-state index in [1.54, 1.807) is 24.4 Å². The molecule has 3 aromatic heterocycles. The van der Waals surface area contributed by atoms with Crippen LogP contribution in [0.1, 0.15) is 25.0 Å². The van der Waals surface area contributed by atoms with Gasteiger partial charge in [0.2, 0.25) is 5.91 Å². The molecule has 3 aromatic rings. The van der Waals surface area contributed by atoms with Crippen molar-refractivity contribution in [3.05, 3.63) is 33.6 Å². The van der Waals surface area contributed by atoms with Crippen molar-refractivity contribution >= 4 is 51.0 Å². The third-order valence-corrected chi connectivity index (χ3v) is 5.64. The van der Waals surface area contributed by atoms with Crippen molar-refractivity contribution in [3.63, 3.8) is 0 Å². The van der Waals surface area contributed by atoms with Crippen LogP contribution in [0.4, 0.5) is 5.82 Å². The molecule has 0 bridgehead atoms. The van der Waals surface area contributed by atoms with Crippen LogP contribution in [0.15, 0.2) is 32.0 Å². The molecule has 0 unspecified atom stereocenters. The lowest BCUT2D eigenvalue weighted by molar-refractivity contribution is -0.305. The number of unbranched alkanes of at least 4 members (excludes halogenated alkanes) is 1. The zero-order valence-electron chi connectivity index (χ0n) is 15.0. The second-order valence-electron chi connectivity index (χ2n) is 5.97. The highest BCUT2D eigenvalue weighted by atomic mass is 32.2. The molecule has 1 amide bonds. The number of rotatable bonds is 9. The fraction of sp³-hybridized carbons (Fsp3) is 0.353. The van der Waals surface area contributed by atoms with Gasteiger partial charge in [-0.2, -0.15) is 0 Å². The SMILES string of the molecule is Cc1cc(NC(=O)CSc2nc3ccsc3c(=O)n2CCCCC(=O)[O-])no1. The second-order valence-corrected chi connectivity index (χ2v) is 7.83. The third-order valence-electron chi connectivity index (χ3n) is 3.77. The number of nitrogens with zero attached hydrogens (tertiary/aromatic N) is 3. The maximum Gasteiger partial charge on any atom is 0.272 e. The number of hydrogen-bond acceptors (Lipinski definition) is 9. The van der Waals surface area contributed by atoms with Gasteiger partial charge in [-0.1, -0.05) is 16.9 Å². The average Bonchev–Trinajstić information content (AvgIpc) is 3.27. The molecular weight excluding hydrogens is 404 g/mol. The molecule has 0 aliphatic heterocycles. The number of thiophene rings is 1. The Morgan fingerprint density at radius 1 is 1.39 bits per heavy atom. The van der Waals surface area contributed by atoms with Gasteiger partial charge >= 0.3 is 0 Å². The Morgan fingerprint density at radius 3 is 2.93 bits per heavy atom. The van der Waals surface area contributed by atoms with Crippen molar-refractivity contribution in [1.82, 2.24) is 14.7 Å². The number of nitrogens with one attached hydrogen (secondary N) is 1. The predicted octanol–water partition coefficient (Wildman–Crippen LogP) is 1.41. The van der Waals surface area contributed by atoms with Crippen LogP contribution in [-0.4, -0.2) is 32.3 Å². The van der Waals surface area contributed by atoms with E-state index in [4.69, 9.17) is 4.52 Å². The number of carboxylic acids is 1. The summed E-state index contributed by atoms with van der Waals surface area (Å²) in [7, 11) is 0. The Kier molecular flexibility index (Phi) is 6.47. The highest BCUT2D eigenvalue weighted by Crippen LogP contribution is 2.21. The number of aromatic nitrogens is 3. The van der Waals surface area contributed by atoms with Crippen LogP contribution in [0.25, 0.3) is 10.2 Å². The van der Waals surface area contributed by atoms with E-state index in [1.165, 1.54) is 15.9 Å². The maximum absolute atomic E-state index is 12.7. The van der Waals surface area contributed by atoms with Gasteiger partial charge < -0.3 is 19.7 Å². The molecule has 11 heteroatoms.